The van der Waals surface area contributed by atoms with Crippen LogP contribution in [0.15, 0.2) is 48.7 Å². The molecular weight excluding hydrogens is 358 g/mol. The highest BCUT2D eigenvalue weighted by Crippen LogP contribution is 2.33. The Balaban J connectivity index is 1.75. The van der Waals surface area contributed by atoms with E-state index in [-0.39, 0.29) is 0 Å². The number of aromatic amines is 1. The van der Waals surface area contributed by atoms with Gasteiger partial charge in [-0.25, -0.2) is 13.4 Å². The first-order valence-corrected chi connectivity index (χ1v) is 11.0. The van der Waals surface area contributed by atoms with Crippen LogP contribution >= 0.6 is 0 Å². The summed E-state index contributed by atoms with van der Waals surface area (Å²) in [5.74, 6) is 0. The molecule has 0 radical (unpaired) electrons. The summed E-state index contributed by atoms with van der Waals surface area (Å²) < 4.78 is 24.9. The summed E-state index contributed by atoms with van der Waals surface area (Å²) in [6.07, 6.45) is 6.76. The summed E-state index contributed by atoms with van der Waals surface area (Å²) in [4.78, 5) is 7.92. The molecule has 140 valence electrons. The van der Waals surface area contributed by atoms with Gasteiger partial charge in [0.05, 0.1) is 6.26 Å². The summed E-state index contributed by atoms with van der Waals surface area (Å²) in [5, 5.41) is 1.10. The minimum absolute atomic E-state index is 0.419. The lowest BCUT2D eigenvalue weighted by Crippen LogP contribution is -2.33. The summed E-state index contributed by atoms with van der Waals surface area (Å²) in [5.41, 5.74) is 6.75. The molecule has 27 heavy (non-hydrogen) atoms. The Morgan fingerprint density at radius 3 is 2.70 bits per heavy atom. The number of pyridine rings is 1. The van der Waals surface area contributed by atoms with Crippen LogP contribution < -0.4 is 0 Å². The predicted octanol–water partition coefficient (Wildman–Crippen LogP) is 3.84. The molecule has 0 unspecified atom stereocenters. The molecule has 1 aliphatic heterocycles. The summed E-state index contributed by atoms with van der Waals surface area (Å²) in [6, 6.07) is 12.7. The SMILES string of the molecule is CCc1ccccc1-c1ccnc2[nH]c(C3=CCN(S(C)(=O)=O)CC3)cc12. The molecule has 0 aliphatic carbocycles. The molecule has 0 fully saturated rings. The average Bonchev–Trinajstić information content (AvgIpc) is 3.12. The van der Waals surface area contributed by atoms with Gasteiger partial charge in [-0.2, -0.15) is 4.31 Å². The van der Waals surface area contributed by atoms with Crippen molar-refractivity contribution >= 4 is 26.6 Å². The Morgan fingerprint density at radius 1 is 1.19 bits per heavy atom. The highest BCUT2D eigenvalue weighted by Gasteiger charge is 2.21. The van der Waals surface area contributed by atoms with Crippen molar-refractivity contribution in [1.29, 1.82) is 0 Å². The third kappa shape index (κ3) is 3.42. The van der Waals surface area contributed by atoms with Crippen LogP contribution in [-0.4, -0.2) is 42.0 Å². The van der Waals surface area contributed by atoms with Crippen molar-refractivity contribution in [3.63, 3.8) is 0 Å². The number of nitrogens with zero attached hydrogens (tertiary/aromatic N) is 2. The molecule has 1 aromatic carbocycles. The van der Waals surface area contributed by atoms with E-state index in [2.05, 4.69) is 53.3 Å². The third-order valence-corrected chi connectivity index (χ3v) is 6.48. The molecule has 0 amide bonds. The number of nitrogens with one attached hydrogen (secondary N) is 1. The molecule has 3 aromatic rings. The Bertz CT molecular complexity index is 1130. The lowest BCUT2D eigenvalue weighted by atomic mass is 9.96. The summed E-state index contributed by atoms with van der Waals surface area (Å²) >= 11 is 0. The zero-order valence-electron chi connectivity index (χ0n) is 15.6. The molecule has 0 saturated heterocycles. The molecule has 5 nitrogen and oxygen atoms in total. The highest BCUT2D eigenvalue weighted by atomic mass is 32.2. The third-order valence-electron chi connectivity index (χ3n) is 5.21. The standard InChI is InChI=1S/C21H23N3O2S/c1-3-15-6-4-5-7-17(15)18-8-11-22-21-19(18)14-20(23-21)16-9-12-24(13-10-16)27(2,25)26/h4-9,11,14H,3,10,12-13H2,1-2H3,(H,22,23). The van der Waals surface area contributed by atoms with E-state index in [0.29, 0.717) is 19.5 Å². The van der Waals surface area contributed by atoms with Gasteiger partial charge < -0.3 is 4.98 Å². The number of hydrogen-bond acceptors (Lipinski definition) is 3. The molecule has 4 rings (SSSR count). The molecule has 0 spiro atoms. The van der Waals surface area contributed by atoms with Crippen LogP contribution in [0.4, 0.5) is 0 Å². The first-order chi connectivity index (χ1) is 13.0. The molecule has 6 heteroatoms. The Kier molecular flexibility index (Phi) is 4.61. The molecule has 1 N–H and O–H groups in total. The lowest BCUT2D eigenvalue weighted by Gasteiger charge is -2.23. The van der Waals surface area contributed by atoms with E-state index in [4.69, 9.17) is 0 Å². The number of aryl methyl sites for hydroxylation is 1. The normalized spacial score (nSPS) is 15.9. The van der Waals surface area contributed by atoms with E-state index < -0.39 is 10.0 Å². The molecule has 0 bridgehead atoms. The Hall–Kier alpha value is -2.44. The highest BCUT2D eigenvalue weighted by molar-refractivity contribution is 7.88. The topological polar surface area (TPSA) is 66.1 Å². The largest absolute Gasteiger partial charge is 0.339 e. The van der Waals surface area contributed by atoms with Crippen LogP contribution in [0.5, 0.6) is 0 Å². The van der Waals surface area contributed by atoms with E-state index in [1.165, 1.54) is 27.3 Å². The van der Waals surface area contributed by atoms with Crippen molar-refractivity contribution in [1.82, 2.24) is 14.3 Å². The quantitative estimate of drug-likeness (QED) is 0.747. The number of H-pyrrole nitrogens is 1. The lowest BCUT2D eigenvalue weighted by molar-refractivity contribution is 0.445. The van der Waals surface area contributed by atoms with Gasteiger partial charge in [0.2, 0.25) is 10.0 Å². The van der Waals surface area contributed by atoms with Crippen molar-refractivity contribution in [2.24, 2.45) is 0 Å². The van der Waals surface area contributed by atoms with Gasteiger partial charge in [0.15, 0.2) is 0 Å². The van der Waals surface area contributed by atoms with Gasteiger partial charge in [-0.1, -0.05) is 37.3 Å². The fourth-order valence-corrected chi connectivity index (χ4v) is 4.49. The van der Waals surface area contributed by atoms with E-state index in [1.807, 2.05) is 12.3 Å². The molecule has 2 aromatic heterocycles. The Labute approximate surface area is 159 Å². The minimum atomic E-state index is -3.14. The second-order valence-corrected chi connectivity index (χ2v) is 8.90. The maximum atomic E-state index is 11.7. The summed E-state index contributed by atoms with van der Waals surface area (Å²) in [6.45, 7) is 3.10. The maximum Gasteiger partial charge on any atom is 0.211 e. The number of aromatic nitrogens is 2. The maximum absolute atomic E-state index is 11.7. The van der Waals surface area contributed by atoms with Crippen molar-refractivity contribution in [2.75, 3.05) is 19.3 Å². The molecule has 3 heterocycles. The summed E-state index contributed by atoms with van der Waals surface area (Å²) in [7, 11) is -3.14. The predicted molar refractivity (Wildman–Crippen MR) is 110 cm³/mol. The molecule has 0 atom stereocenters. The van der Waals surface area contributed by atoms with Crippen LogP contribution in [0.2, 0.25) is 0 Å². The van der Waals surface area contributed by atoms with Gasteiger partial charge in [0.1, 0.15) is 5.65 Å². The van der Waals surface area contributed by atoms with Crippen molar-refractivity contribution < 1.29 is 8.42 Å². The fourth-order valence-electron chi connectivity index (χ4n) is 3.72. The van der Waals surface area contributed by atoms with Gasteiger partial charge in [-0.3, -0.25) is 0 Å². The van der Waals surface area contributed by atoms with Gasteiger partial charge >= 0.3 is 0 Å². The van der Waals surface area contributed by atoms with Crippen molar-refractivity contribution in [2.45, 2.75) is 19.8 Å². The van der Waals surface area contributed by atoms with Gasteiger partial charge in [0, 0.05) is 30.4 Å². The van der Waals surface area contributed by atoms with E-state index >= 15 is 0 Å². The van der Waals surface area contributed by atoms with Crippen molar-refractivity contribution in [3.8, 4) is 11.1 Å². The zero-order chi connectivity index (χ0) is 19.0. The Morgan fingerprint density at radius 2 is 2.00 bits per heavy atom. The second kappa shape index (κ2) is 6.94. The second-order valence-electron chi connectivity index (χ2n) is 6.91. The van der Waals surface area contributed by atoms with Crippen LogP contribution in [-0.2, 0) is 16.4 Å². The van der Waals surface area contributed by atoms with Crippen LogP contribution in [0, 0.1) is 0 Å². The first-order valence-electron chi connectivity index (χ1n) is 9.18. The average molecular weight is 382 g/mol. The van der Waals surface area contributed by atoms with E-state index in [1.54, 1.807) is 0 Å². The van der Waals surface area contributed by atoms with E-state index in [0.717, 1.165) is 28.7 Å². The van der Waals surface area contributed by atoms with Crippen LogP contribution in [0.3, 0.4) is 0 Å². The number of hydrogen-bond donors (Lipinski definition) is 1. The molecule has 0 saturated carbocycles. The number of rotatable bonds is 4. The first kappa shape index (κ1) is 17.9. The monoisotopic (exact) mass is 381 g/mol. The fraction of sp³-hybridized carbons (Fsp3) is 0.286. The van der Waals surface area contributed by atoms with E-state index in [9.17, 15) is 8.42 Å². The van der Waals surface area contributed by atoms with Crippen LogP contribution in [0.1, 0.15) is 24.6 Å². The number of sulfonamides is 1. The molecule has 1 aliphatic rings. The molecular formula is C21H23N3O2S. The van der Waals surface area contributed by atoms with Crippen molar-refractivity contribution in [3.05, 3.63) is 59.9 Å². The zero-order valence-corrected chi connectivity index (χ0v) is 16.4. The minimum Gasteiger partial charge on any atom is -0.339 e. The van der Waals surface area contributed by atoms with Crippen LogP contribution in [0.25, 0.3) is 27.7 Å². The number of benzene rings is 1. The smallest absolute Gasteiger partial charge is 0.211 e. The number of fused-ring (bicyclic) bond motifs is 1. The van der Waals surface area contributed by atoms with Gasteiger partial charge in [-0.05, 0) is 47.2 Å². The van der Waals surface area contributed by atoms with Gasteiger partial charge in [-0.15, -0.1) is 0 Å². The van der Waals surface area contributed by atoms with Gasteiger partial charge in [0.25, 0.3) is 0 Å².